The van der Waals surface area contributed by atoms with Gasteiger partial charge in [-0.3, -0.25) is 0 Å². The number of aliphatic hydroxyl groups excluding tert-OH is 1. The molecule has 2 unspecified atom stereocenters. The maximum atomic E-state index is 9.66. The number of fused-ring (bicyclic) bond motifs is 1. The summed E-state index contributed by atoms with van der Waals surface area (Å²) in [6, 6.07) is 0. The fourth-order valence-electron chi connectivity index (χ4n) is 3.26. The van der Waals surface area contributed by atoms with E-state index in [9.17, 15) is 5.11 Å². The van der Waals surface area contributed by atoms with E-state index in [0.717, 1.165) is 43.5 Å². The van der Waals surface area contributed by atoms with Crippen molar-refractivity contribution in [2.45, 2.75) is 12.8 Å². The molecule has 0 bridgehead atoms. The first-order chi connectivity index (χ1) is 11.2. The summed E-state index contributed by atoms with van der Waals surface area (Å²) in [7, 11) is 0. The fourth-order valence-corrected chi connectivity index (χ4v) is 3.26. The number of rotatable bonds is 2. The number of nitrogens with zero attached hydrogens (tertiary/aromatic N) is 4. The molecule has 1 N–H and O–H groups in total. The standard InChI is InChI=1S/C17H20N4O2/c1-12-10-13(22)2-3-14(12)15-11-21-5-4-18-16(21)17(19-15)20-6-8-23-9-7-20/h2-5,10-12,14,22H,6-9H2,1H3. The lowest BCUT2D eigenvalue weighted by Gasteiger charge is -2.29. The zero-order chi connectivity index (χ0) is 15.8. The van der Waals surface area contributed by atoms with Gasteiger partial charge in [0.25, 0.3) is 0 Å². The van der Waals surface area contributed by atoms with Crippen LogP contribution in [0.2, 0.25) is 0 Å². The van der Waals surface area contributed by atoms with Crippen LogP contribution in [0.1, 0.15) is 18.5 Å². The number of hydrogen-bond donors (Lipinski definition) is 1. The molecule has 2 atom stereocenters. The monoisotopic (exact) mass is 312 g/mol. The molecular weight excluding hydrogens is 292 g/mol. The second-order valence-corrected chi connectivity index (χ2v) is 6.08. The molecule has 0 amide bonds. The highest BCUT2D eigenvalue weighted by Gasteiger charge is 2.24. The van der Waals surface area contributed by atoms with Crippen LogP contribution in [0, 0.1) is 5.92 Å². The van der Waals surface area contributed by atoms with Gasteiger partial charge in [0.1, 0.15) is 5.76 Å². The largest absolute Gasteiger partial charge is 0.508 e. The van der Waals surface area contributed by atoms with Crippen molar-refractivity contribution in [1.82, 2.24) is 14.4 Å². The molecular formula is C17H20N4O2. The molecule has 1 fully saturated rings. The van der Waals surface area contributed by atoms with E-state index in [1.807, 2.05) is 28.9 Å². The summed E-state index contributed by atoms with van der Waals surface area (Å²) in [6.45, 7) is 5.19. The van der Waals surface area contributed by atoms with Crippen LogP contribution < -0.4 is 4.90 Å². The Labute approximate surface area is 134 Å². The molecule has 6 heteroatoms. The lowest BCUT2D eigenvalue weighted by atomic mass is 9.87. The first-order valence-corrected chi connectivity index (χ1v) is 7.97. The summed E-state index contributed by atoms with van der Waals surface area (Å²) < 4.78 is 7.48. The second-order valence-electron chi connectivity index (χ2n) is 6.08. The van der Waals surface area contributed by atoms with E-state index in [2.05, 4.69) is 16.8 Å². The number of aliphatic hydroxyl groups is 1. The van der Waals surface area contributed by atoms with Crippen LogP contribution in [0.4, 0.5) is 5.82 Å². The molecule has 2 aromatic rings. The number of ether oxygens (including phenoxy) is 1. The minimum Gasteiger partial charge on any atom is -0.508 e. The molecule has 4 rings (SSSR count). The Morgan fingerprint density at radius 2 is 2.13 bits per heavy atom. The van der Waals surface area contributed by atoms with Crippen LogP contribution in [-0.4, -0.2) is 45.8 Å². The summed E-state index contributed by atoms with van der Waals surface area (Å²) in [5.41, 5.74) is 1.87. The van der Waals surface area contributed by atoms with Gasteiger partial charge in [-0.2, -0.15) is 0 Å². The predicted molar refractivity (Wildman–Crippen MR) is 87.8 cm³/mol. The third-order valence-electron chi connectivity index (χ3n) is 4.50. The lowest BCUT2D eigenvalue weighted by molar-refractivity contribution is 0.122. The highest BCUT2D eigenvalue weighted by Crippen LogP contribution is 2.32. The maximum Gasteiger partial charge on any atom is 0.180 e. The van der Waals surface area contributed by atoms with E-state index in [4.69, 9.17) is 9.72 Å². The Bertz CT molecular complexity index is 774. The fraction of sp³-hybridized carbons (Fsp3) is 0.412. The number of hydrogen-bond acceptors (Lipinski definition) is 5. The summed E-state index contributed by atoms with van der Waals surface area (Å²) in [5.74, 6) is 1.59. The van der Waals surface area contributed by atoms with Crippen LogP contribution >= 0.6 is 0 Å². The molecule has 2 aromatic heterocycles. The highest BCUT2D eigenvalue weighted by molar-refractivity contribution is 5.65. The maximum absolute atomic E-state index is 9.66. The van der Waals surface area contributed by atoms with Gasteiger partial charge in [-0.05, 0) is 18.1 Å². The van der Waals surface area contributed by atoms with Crippen LogP contribution in [-0.2, 0) is 4.74 Å². The van der Waals surface area contributed by atoms with Gasteiger partial charge in [0.05, 0.1) is 18.9 Å². The minimum atomic E-state index is 0.150. The molecule has 0 spiro atoms. The molecule has 120 valence electrons. The first kappa shape index (κ1) is 14.3. The zero-order valence-corrected chi connectivity index (χ0v) is 13.1. The molecule has 0 aromatic carbocycles. The van der Waals surface area contributed by atoms with Crippen LogP contribution in [0.15, 0.2) is 42.6 Å². The van der Waals surface area contributed by atoms with E-state index in [1.165, 1.54) is 0 Å². The number of allylic oxidation sites excluding steroid dienone is 3. The average molecular weight is 312 g/mol. The highest BCUT2D eigenvalue weighted by atomic mass is 16.5. The Hall–Kier alpha value is -2.34. The predicted octanol–water partition coefficient (Wildman–Crippen LogP) is 2.30. The van der Waals surface area contributed by atoms with Crippen molar-refractivity contribution in [2.75, 3.05) is 31.2 Å². The van der Waals surface area contributed by atoms with Crippen molar-refractivity contribution in [1.29, 1.82) is 0 Å². The third-order valence-corrected chi connectivity index (χ3v) is 4.50. The Morgan fingerprint density at radius 3 is 2.91 bits per heavy atom. The van der Waals surface area contributed by atoms with Gasteiger partial charge < -0.3 is 19.1 Å². The summed E-state index contributed by atoms with van der Waals surface area (Å²) in [4.78, 5) is 11.6. The SMILES string of the molecule is CC1C=C(O)C=CC1c1cn2ccnc2c(N2CCOCC2)n1. The van der Waals surface area contributed by atoms with Gasteiger partial charge in [0.15, 0.2) is 11.5 Å². The number of imidazole rings is 1. The molecule has 0 radical (unpaired) electrons. The lowest BCUT2D eigenvalue weighted by Crippen LogP contribution is -2.37. The van der Waals surface area contributed by atoms with E-state index < -0.39 is 0 Å². The van der Waals surface area contributed by atoms with E-state index in [1.54, 1.807) is 12.3 Å². The summed E-state index contributed by atoms with van der Waals surface area (Å²) in [5, 5.41) is 9.66. The topological polar surface area (TPSA) is 62.9 Å². The average Bonchev–Trinajstić information content (AvgIpc) is 3.03. The van der Waals surface area contributed by atoms with Crippen molar-refractivity contribution in [3.63, 3.8) is 0 Å². The van der Waals surface area contributed by atoms with E-state index in [-0.39, 0.29) is 11.8 Å². The first-order valence-electron chi connectivity index (χ1n) is 7.97. The van der Waals surface area contributed by atoms with Gasteiger partial charge >= 0.3 is 0 Å². The number of morpholine rings is 1. The molecule has 23 heavy (non-hydrogen) atoms. The Kier molecular flexibility index (Phi) is 3.53. The molecule has 1 aliphatic carbocycles. The molecule has 1 aliphatic heterocycles. The van der Waals surface area contributed by atoms with E-state index >= 15 is 0 Å². The van der Waals surface area contributed by atoms with Gasteiger partial charge in [-0.15, -0.1) is 0 Å². The minimum absolute atomic E-state index is 0.150. The number of aromatic nitrogens is 3. The third kappa shape index (κ3) is 2.59. The molecule has 0 saturated carbocycles. The van der Waals surface area contributed by atoms with Crippen molar-refractivity contribution >= 4 is 11.5 Å². The van der Waals surface area contributed by atoms with Crippen LogP contribution in [0.25, 0.3) is 5.65 Å². The zero-order valence-electron chi connectivity index (χ0n) is 13.1. The quantitative estimate of drug-likeness (QED) is 0.922. The normalized spacial score (nSPS) is 24.9. The van der Waals surface area contributed by atoms with Gasteiger partial charge in [0, 0.05) is 37.6 Å². The second kappa shape index (κ2) is 5.70. The van der Waals surface area contributed by atoms with Gasteiger partial charge in [0.2, 0.25) is 0 Å². The smallest absolute Gasteiger partial charge is 0.180 e. The Balaban J connectivity index is 1.77. The summed E-state index contributed by atoms with van der Waals surface area (Å²) >= 11 is 0. The summed E-state index contributed by atoms with van der Waals surface area (Å²) in [6.07, 6.45) is 11.4. The van der Waals surface area contributed by atoms with Crippen molar-refractivity contribution < 1.29 is 9.84 Å². The Morgan fingerprint density at radius 1 is 1.30 bits per heavy atom. The van der Waals surface area contributed by atoms with Gasteiger partial charge in [-0.1, -0.05) is 13.0 Å². The van der Waals surface area contributed by atoms with Crippen LogP contribution in [0.3, 0.4) is 0 Å². The van der Waals surface area contributed by atoms with E-state index in [0.29, 0.717) is 5.76 Å². The number of anilines is 1. The molecule has 1 saturated heterocycles. The van der Waals surface area contributed by atoms with Crippen molar-refractivity contribution in [3.05, 3.63) is 48.3 Å². The van der Waals surface area contributed by atoms with Gasteiger partial charge in [-0.25, -0.2) is 9.97 Å². The molecule has 2 aliphatic rings. The van der Waals surface area contributed by atoms with Crippen molar-refractivity contribution in [3.8, 4) is 0 Å². The van der Waals surface area contributed by atoms with Crippen LogP contribution in [0.5, 0.6) is 0 Å². The molecule has 6 nitrogen and oxygen atoms in total. The molecule has 3 heterocycles. The van der Waals surface area contributed by atoms with Crippen molar-refractivity contribution in [2.24, 2.45) is 5.92 Å².